The predicted octanol–water partition coefficient (Wildman–Crippen LogP) is 5.36. The van der Waals surface area contributed by atoms with Crippen molar-refractivity contribution in [3.05, 3.63) is 71.6 Å². The molecule has 2 fully saturated rings. The summed E-state index contributed by atoms with van der Waals surface area (Å²) in [4.78, 5) is 4.29. The van der Waals surface area contributed by atoms with Crippen LogP contribution in [0.25, 0.3) is 5.52 Å². The Morgan fingerprint density at radius 3 is 2.52 bits per heavy atom. The van der Waals surface area contributed by atoms with Crippen LogP contribution in [0.4, 0.5) is 4.39 Å². The van der Waals surface area contributed by atoms with Gasteiger partial charge in [-0.2, -0.15) is 0 Å². The summed E-state index contributed by atoms with van der Waals surface area (Å²) in [5.41, 5.74) is 4.47. The lowest BCUT2D eigenvalue weighted by atomic mass is 9.75. The van der Waals surface area contributed by atoms with E-state index in [1.54, 1.807) is 12.1 Å². The van der Waals surface area contributed by atoms with Crippen molar-refractivity contribution in [2.75, 3.05) is 0 Å². The molecule has 2 saturated carbocycles. The predicted molar refractivity (Wildman–Crippen MR) is 103 cm³/mol. The zero-order valence-electron chi connectivity index (χ0n) is 15.4. The summed E-state index contributed by atoms with van der Waals surface area (Å²) in [6.45, 7) is 0. The second-order valence-corrected chi connectivity index (χ2v) is 8.25. The first-order chi connectivity index (χ1) is 13.2. The lowest BCUT2D eigenvalue weighted by Gasteiger charge is -2.33. The molecule has 3 aromatic rings. The van der Waals surface area contributed by atoms with E-state index < -0.39 is 6.10 Å². The van der Waals surface area contributed by atoms with Gasteiger partial charge in [0.15, 0.2) is 0 Å². The summed E-state index contributed by atoms with van der Waals surface area (Å²) in [5, 5.41) is 11.3. The van der Waals surface area contributed by atoms with Gasteiger partial charge < -0.3 is 9.51 Å². The van der Waals surface area contributed by atoms with Crippen molar-refractivity contribution in [2.24, 2.45) is 5.92 Å². The molecule has 0 spiro atoms. The Kier molecular flexibility index (Phi) is 4.24. The molecule has 0 saturated heterocycles. The maximum absolute atomic E-state index is 13.5. The van der Waals surface area contributed by atoms with Crippen LogP contribution in [0.3, 0.4) is 0 Å². The third kappa shape index (κ3) is 3.16. The van der Waals surface area contributed by atoms with E-state index in [0.29, 0.717) is 11.8 Å². The van der Waals surface area contributed by atoms with E-state index in [1.165, 1.54) is 24.5 Å². The molecule has 1 atom stereocenters. The van der Waals surface area contributed by atoms with Crippen LogP contribution >= 0.6 is 0 Å². The van der Waals surface area contributed by atoms with Gasteiger partial charge in [0.05, 0.1) is 29.8 Å². The number of nitrogens with zero attached hydrogens (tertiary/aromatic N) is 2. The number of hydrogen-bond acceptors (Lipinski definition) is 2. The number of halogens is 1. The highest BCUT2D eigenvalue weighted by Gasteiger charge is 2.34. The van der Waals surface area contributed by atoms with E-state index in [0.717, 1.165) is 42.5 Å². The molecule has 0 aliphatic heterocycles. The number of aliphatic hydroxyl groups is 1. The third-order valence-corrected chi connectivity index (χ3v) is 6.49. The number of benzene rings is 1. The van der Waals surface area contributed by atoms with Crippen molar-refractivity contribution in [3.63, 3.8) is 0 Å². The summed E-state index contributed by atoms with van der Waals surface area (Å²) >= 11 is 0. The minimum atomic E-state index is -0.466. The van der Waals surface area contributed by atoms with Crippen LogP contribution in [0.15, 0.2) is 48.9 Å². The molecule has 1 N–H and O–H groups in total. The van der Waals surface area contributed by atoms with E-state index in [-0.39, 0.29) is 11.7 Å². The van der Waals surface area contributed by atoms with Gasteiger partial charge in [-0.25, -0.2) is 9.37 Å². The van der Waals surface area contributed by atoms with Crippen LogP contribution in [0.1, 0.15) is 73.3 Å². The van der Waals surface area contributed by atoms with Crippen LogP contribution in [0.5, 0.6) is 0 Å². The lowest BCUT2D eigenvalue weighted by Crippen LogP contribution is -2.22. The highest BCUT2D eigenvalue weighted by Crippen LogP contribution is 2.47. The van der Waals surface area contributed by atoms with Crippen molar-refractivity contribution < 1.29 is 9.50 Å². The number of fused-ring (bicyclic) bond motifs is 1. The summed E-state index contributed by atoms with van der Waals surface area (Å²) in [5.74, 6) is 1.08. The van der Waals surface area contributed by atoms with Gasteiger partial charge >= 0.3 is 0 Å². The molecule has 1 aromatic carbocycles. The SMILES string of the molecule is O[C@H](c1c(C2CC2)ccc2cncn12)[C@H]1CC[C@H](c2cccc(F)c2)CC1. The fraction of sp³-hybridized carbons (Fsp3) is 0.435. The number of hydrogen-bond donors (Lipinski definition) is 1. The van der Waals surface area contributed by atoms with Crippen LogP contribution in [0.2, 0.25) is 0 Å². The number of imidazole rings is 1. The number of aromatic nitrogens is 2. The van der Waals surface area contributed by atoms with Crippen molar-refractivity contribution in [1.82, 2.24) is 9.38 Å². The average Bonchev–Trinajstić information content (AvgIpc) is 3.43. The zero-order chi connectivity index (χ0) is 18.4. The lowest BCUT2D eigenvalue weighted by molar-refractivity contribution is 0.0754. The van der Waals surface area contributed by atoms with Crippen molar-refractivity contribution in [3.8, 4) is 0 Å². The Balaban J connectivity index is 1.38. The Hall–Kier alpha value is -2.20. The van der Waals surface area contributed by atoms with Gasteiger partial charge in [-0.3, -0.25) is 0 Å². The smallest absolute Gasteiger partial charge is 0.123 e. The monoisotopic (exact) mass is 364 g/mol. The molecule has 2 aliphatic carbocycles. The van der Waals surface area contributed by atoms with Gasteiger partial charge in [0.2, 0.25) is 0 Å². The van der Waals surface area contributed by atoms with Gasteiger partial charge in [-0.15, -0.1) is 0 Å². The molecule has 0 bridgehead atoms. The van der Waals surface area contributed by atoms with E-state index in [2.05, 4.69) is 21.5 Å². The topological polar surface area (TPSA) is 37.5 Å². The summed E-state index contributed by atoms with van der Waals surface area (Å²) in [6.07, 6.45) is 9.60. The van der Waals surface area contributed by atoms with E-state index in [1.807, 2.05) is 18.6 Å². The van der Waals surface area contributed by atoms with Crippen LogP contribution in [-0.4, -0.2) is 14.5 Å². The van der Waals surface area contributed by atoms with E-state index in [9.17, 15) is 9.50 Å². The fourth-order valence-corrected chi connectivity index (χ4v) is 4.83. The quantitative estimate of drug-likeness (QED) is 0.677. The van der Waals surface area contributed by atoms with Gasteiger partial charge in [-0.1, -0.05) is 18.2 Å². The van der Waals surface area contributed by atoms with Gasteiger partial charge in [0.25, 0.3) is 0 Å². The van der Waals surface area contributed by atoms with Crippen molar-refractivity contribution in [2.45, 2.75) is 56.5 Å². The first kappa shape index (κ1) is 16.9. The minimum absolute atomic E-state index is 0.157. The zero-order valence-corrected chi connectivity index (χ0v) is 15.4. The molecular formula is C23H25FN2O. The third-order valence-electron chi connectivity index (χ3n) is 6.49. The Labute approximate surface area is 158 Å². The molecule has 4 heteroatoms. The normalized spacial score (nSPS) is 24.2. The number of aliphatic hydroxyl groups excluding tert-OH is 1. The van der Waals surface area contributed by atoms with Crippen LogP contribution in [0, 0.1) is 11.7 Å². The first-order valence-corrected chi connectivity index (χ1v) is 10.1. The number of pyridine rings is 1. The Bertz CT molecular complexity index is 954. The first-order valence-electron chi connectivity index (χ1n) is 10.1. The molecule has 27 heavy (non-hydrogen) atoms. The molecular weight excluding hydrogens is 339 g/mol. The summed E-state index contributed by atoms with van der Waals surface area (Å²) in [6, 6.07) is 11.3. The summed E-state index contributed by atoms with van der Waals surface area (Å²) < 4.78 is 15.6. The largest absolute Gasteiger partial charge is 0.387 e. The summed E-state index contributed by atoms with van der Waals surface area (Å²) in [7, 11) is 0. The molecule has 0 amide bonds. The van der Waals surface area contributed by atoms with Crippen LogP contribution in [-0.2, 0) is 0 Å². The molecule has 3 nitrogen and oxygen atoms in total. The number of rotatable bonds is 4. The van der Waals surface area contributed by atoms with Gasteiger partial charge in [0, 0.05) is 0 Å². The maximum Gasteiger partial charge on any atom is 0.123 e. The average molecular weight is 364 g/mol. The van der Waals surface area contributed by atoms with Crippen molar-refractivity contribution >= 4 is 5.52 Å². The maximum atomic E-state index is 13.5. The Morgan fingerprint density at radius 2 is 1.78 bits per heavy atom. The van der Waals surface area contributed by atoms with Gasteiger partial charge in [0.1, 0.15) is 5.82 Å². The molecule has 2 aromatic heterocycles. The Morgan fingerprint density at radius 1 is 1.00 bits per heavy atom. The van der Waals surface area contributed by atoms with E-state index in [4.69, 9.17) is 0 Å². The second kappa shape index (κ2) is 6.75. The molecule has 0 unspecified atom stereocenters. The molecule has 2 aliphatic rings. The molecule has 2 heterocycles. The highest BCUT2D eigenvalue weighted by molar-refractivity contribution is 5.50. The van der Waals surface area contributed by atoms with Crippen molar-refractivity contribution in [1.29, 1.82) is 0 Å². The second-order valence-electron chi connectivity index (χ2n) is 8.25. The fourth-order valence-electron chi connectivity index (χ4n) is 4.83. The molecule has 5 rings (SSSR count). The van der Waals surface area contributed by atoms with Crippen LogP contribution < -0.4 is 0 Å². The molecule has 140 valence electrons. The standard InChI is InChI=1S/C23H25FN2O/c24-19-3-1-2-18(12-19)15-4-8-17(9-5-15)23(27)22-21(16-6-7-16)11-10-20-13-25-14-26(20)22/h1-3,10-17,23,27H,4-9H2/t15-,17-,23-/m0/s1. The highest BCUT2D eigenvalue weighted by atomic mass is 19.1. The molecule has 0 radical (unpaired) electrons. The minimum Gasteiger partial charge on any atom is -0.387 e. The van der Waals surface area contributed by atoms with E-state index >= 15 is 0 Å². The van der Waals surface area contributed by atoms with Gasteiger partial charge in [-0.05, 0) is 85.6 Å².